The van der Waals surface area contributed by atoms with Gasteiger partial charge < -0.3 is 20.1 Å². The van der Waals surface area contributed by atoms with Gasteiger partial charge in [-0.2, -0.15) is 0 Å². The number of hydrogen-bond acceptors (Lipinski definition) is 4. The summed E-state index contributed by atoms with van der Waals surface area (Å²) >= 11 is 5.62. The Balaban J connectivity index is 1.22. The Labute approximate surface area is 197 Å². The lowest BCUT2D eigenvalue weighted by Crippen LogP contribution is -2.53. The minimum absolute atomic E-state index is 0.0426. The third-order valence-corrected chi connectivity index (χ3v) is 6.42. The highest BCUT2D eigenvalue weighted by molar-refractivity contribution is 6.30. The first-order chi connectivity index (χ1) is 16.0. The molecular formula is C23H21ClF4N2O4. The van der Waals surface area contributed by atoms with Crippen LogP contribution in [0, 0.1) is 17.7 Å². The van der Waals surface area contributed by atoms with Gasteiger partial charge in [-0.1, -0.05) is 23.7 Å². The molecule has 2 aromatic carbocycles. The van der Waals surface area contributed by atoms with E-state index in [4.69, 9.17) is 16.3 Å². The molecule has 5 rings (SSSR count). The monoisotopic (exact) mass is 500 g/mol. The van der Waals surface area contributed by atoms with E-state index in [0.29, 0.717) is 24.8 Å². The van der Waals surface area contributed by atoms with Crippen molar-refractivity contribution in [1.82, 2.24) is 10.6 Å². The molecule has 2 bridgehead atoms. The summed E-state index contributed by atoms with van der Waals surface area (Å²) in [6, 6.07) is 9.17. The van der Waals surface area contributed by atoms with Crippen LogP contribution in [0.3, 0.4) is 0 Å². The maximum atomic E-state index is 13.5. The highest BCUT2D eigenvalue weighted by atomic mass is 35.5. The number of nitrogens with one attached hydrogen (secondary N) is 2. The molecule has 0 spiro atoms. The van der Waals surface area contributed by atoms with Crippen molar-refractivity contribution < 1.29 is 36.6 Å². The summed E-state index contributed by atoms with van der Waals surface area (Å²) in [5.41, 5.74) is 0.168. The Morgan fingerprint density at radius 1 is 1.06 bits per heavy atom. The van der Waals surface area contributed by atoms with Gasteiger partial charge in [0.25, 0.3) is 5.91 Å². The zero-order valence-electron chi connectivity index (χ0n) is 17.8. The molecule has 1 unspecified atom stereocenters. The van der Waals surface area contributed by atoms with E-state index in [0.717, 1.165) is 6.07 Å². The molecule has 0 aliphatic heterocycles. The van der Waals surface area contributed by atoms with Crippen LogP contribution < -0.4 is 20.1 Å². The van der Waals surface area contributed by atoms with Crippen LogP contribution in [0.25, 0.3) is 0 Å². The molecule has 0 radical (unpaired) electrons. The van der Waals surface area contributed by atoms with Crippen LogP contribution in [-0.2, 0) is 16.1 Å². The standard InChI is InChI=1S/C23H21ClF4N2O4/c24-18-6-5-16(7-19(18)25)33-12-20(31)30-22-8-14(9-22)17(10-22)21(32)29-11-13-1-3-15(4-2-13)34-23(26,27)28/h1-7,14,17H,8-12H2,(H,29,32)(H,30,31). The Hall–Kier alpha value is -3.01. The number of halogens is 5. The third kappa shape index (κ3) is 5.72. The van der Waals surface area contributed by atoms with Crippen LogP contribution in [0.1, 0.15) is 24.8 Å². The van der Waals surface area contributed by atoms with E-state index in [1.807, 2.05) is 0 Å². The molecule has 2 amide bonds. The van der Waals surface area contributed by atoms with Crippen LogP contribution in [0.5, 0.6) is 11.5 Å². The SMILES string of the molecule is O=C(COc1ccc(Cl)c(F)c1)NC12CC(C1)C(C(=O)NCc1ccc(OC(F)(F)F)cc1)C2. The molecule has 11 heteroatoms. The predicted molar refractivity (Wildman–Crippen MR) is 114 cm³/mol. The normalized spacial score (nSPS) is 23.1. The first-order valence-corrected chi connectivity index (χ1v) is 10.9. The van der Waals surface area contributed by atoms with Gasteiger partial charge in [-0.15, -0.1) is 13.2 Å². The highest BCUT2D eigenvalue weighted by Gasteiger charge is 2.58. The maximum Gasteiger partial charge on any atom is 0.573 e. The van der Waals surface area contributed by atoms with Crippen molar-refractivity contribution in [3.8, 4) is 11.5 Å². The zero-order valence-corrected chi connectivity index (χ0v) is 18.5. The second kappa shape index (κ2) is 9.32. The molecule has 34 heavy (non-hydrogen) atoms. The summed E-state index contributed by atoms with van der Waals surface area (Å²) in [5, 5.41) is 5.70. The van der Waals surface area contributed by atoms with E-state index in [1.54, 1.807) is 0 Å². The van der Waals surface area contributed by atoms with Crippen molar-refractivity contribution in [2.45, 2.75) is 37.7 Å². The Bertz CT molecular complexity index is 1070. The Morgan fingerprint density at radius 2 is 1.74 bits per heavy atom. The number of benzene rings is 2. The number of carbonyl (C=O) groups is 2. The molecule has 3 aliphatic carbocycles. The van der Waals surface area contributed by atoms with Crippen molar-refractivity contribution in [1.29, 1.82) is 0 Å². The average Bonchev–Trinajstić information content (AvgIpc) is 3.28. The second-order valence-electron chi connectivity index (χ2n) is 8.58. The van der Waals surface area contributed by atoms with E-state index in [2.05, 4.69) is 15.4 Å². The van der Waals surface area contributed by atoms with E-state index in [1.165, 1.54) is 36.4 Å². The topological polar surface area (TPSA) is 76.7 Å². The van der Waals surface area contributed by atoms with Crippen molar-refractivity contribution in [2.24, 2.45) is 11.8 Å². The molecule has 182 valence electrons. The summed E-state index contributed by atoms with van der Waals surface area (Å²) in [4.78, 5) is 25.0. The number of carbonyl (C=O) groups excluding carboxylic acids is 2. The number of ether oxygens (including phenoxy) is 2. The number of rotatable bonds is 8. The quantitative estimate of drug-likeness (QED) is 0.528. The summed E-state index contributed by atoms with van der Waals surface area (Å²) in [6.07, 6.45) is -2.92. The molecule has 2 N–H and O–H groups in total. The van der Waals surface area contributed by atoms with Gasteiger partial charge in [-0.3, -0.25) is 9.59 Å². The van der Waals surface area contributed by atoms with Crippen LogP contribution in [0.15, 0.2) is 42.5 Å². The predicted octanol–water partition coefficient (Wildman–Crippen LogP) is 4.36. The van der Waals surface area contributed by atoms with Gasteiger partial charge in [0.1, 0.15) is 17.3 Å². The van der Waals surface area contributed by atoms with Gasteiger partial charge in [0.2, 0.25) is 5.91 Å². The van der Waals surface area contributed by atoms with Crippen LogP contribution in [0.4, 0.5) is 17.6 Å². The maximum absolute atomic E-state index is 13.5. The first-order valence-electron chi connectivity index (χ1n) is 10.5. The highest BCUT2D eigenvalue weighted by Crippen LogP contribution is 2.55. The smallest absolute Gasteiger partial charge is 0.484 e. The van der Waals surface area contributed by atoms with E-state index in [-0.39, 0.29) is 53.3 Å². The zero-order chi connectivity index (χ0) is 24.5. The van der Waals surface area contributed by atoms with Gasteiger partial charge in [0.05, 0.1) is 5.02 Å². The Morgan fingerprint density at radius 3 is 2.38 bits per heavy atom. The first kappa shape index (κ1) is 24.1. The lowest BCUT2D eigenvalue weighted by molar-refractivity contribution is -0.274. The lowest BCUT2D eigenvalue weighted by Gasteiger charge is -2.39. The van der Waals surface area contributed by atoms with E-state index >= 15 is 0 Å². The molecule has 1 atom stereocenters. The van der Waals surface area contributed by atoms with Crippen LogP contribution >= 0.6 is 11.6 Å². The fourth-order valence-electron chi connectivity index (χ4n) is 4.62. The van der Waals surface area contributed by atoms with Crippen molar-refractivity contribution in [2.75, 3.05) is 6.61 Å². The molecule has 0 saturated heterocycles. The lowest BCUT2D eigenvalue weighted by atomic mass is 9.76. The van der Waals surface area contributed by atoms with Gasteiger partial charge in [-0.05, 0) is 55.0 Å². The van der Waals surface area contributed by atoms with E-state index < -0.39 is 17.7 Å². The fourth-order valence-corrected chi connectivity index (χ4v) is 4.74. The summed E-state index contributed by atoms with van der Waals surface area (Å²) in [6.45, 7) is -0.127. The van der Waals surface area contributed by atoms with Crippen molar-refractivity contribution in [3.63, 3.8) is 0 Å². The molecule has 2 aromatic rings. The minimum Gasteiger partial charge on any atom is -0.484 e. The number of fused-ring (bicyclic) bond motifs is 1. The van der Waals surface area contributed by atoms with E-state index in [9.17, 15) is 27.2 Å². The molecule has 0 aromatic heterocycles. The van der Waals surface area contributed by atoms with Gasteiger partial charge in [0.15, 0.2) is 6.61 Å². The van der Waals surface area contributed by atoms with Gasteiger partial charge in [0, 0.05) is 24.1 Å². The third-order valence-electron chi connectivity index (χ3n) is 6.11. The largest absolute Gasteiger partial charge is 0.573 e. The summed E-state index contributed by atoms with van der Waals surface area (Å²) < 4.78 is 59.3. The van der Waals surface area contributed by atoms with Crippen molar-refractivity contribution >= 4 is 23.4 Å². The number of hydrogen-bond donors (Lipinski definition) is 2. The average molecular weight is 501 g/mol. The molecule has 3 aliphatic rings. The summed E-state index contributed by atoms with van der Waals surface area (Å²) in [7, 11) is 0. The van der Waals surface area contributed by atoms with Gasteiger partial charge >= 0.3 is 6.36 Å². The van der Waals surface area contributed by atoms with Gasteiger partial charge in [-0.25, -0.2) is 4.39 Å². The second-order valence-corrected chi connectivity index (χ2v) is 8.99. The summed E-state index contributed by atoms with van der Waals surface area (Å²) in [5.74, 6) is -1.44. The molecule has 0 heterocycles. The minimum atomic E-state index is -4.76. The van der Waals surface area contributed by atoms with Crippen LogP contribution in [-0.4, -0.2) is 30.3 Å². The fraction of sp³-hybridized carbons (Fsp3) is 0.391. The number of amides is 2. The molecule has 6 nitrogen and oxygen atoms in total. The molecule has 3 saturated carbocycles. The molecule has 3 fully saturated rings. The molecular weight excluding hydrogens is 480 g/mol. The number of alkyl halides is 3. The van der Waals surface area contributed by atoms with Crippen molar-refractivity contribution in [3.05, 3.63) is 58.9 Å². The Kier molecular flexibility index (Phi) is 6.62. The van der Waals surface area contributed by atoms with Crippen LogP contribution in [0.2, 0.25) is 5.02 Å².